The van der Waals surface area contributed by atoms with E-state index in [9.17, 15) is 0 Å². The van der Waals surface area contributed by atoms with Gasteiger partial charge in [-0.15, -0.1) is 11.3 Å². The Labute approximate surface area is 220 Å². The summed E-state index contributed by atoms with van der Waals surface area (Å²) in [6, 6.07) is 45.8. The molecule has 0 aliphatic heterocycles. The zero-order valence-electron chi connectivity index (χ0n) is 20.1. The molecule has 0 N–H and O–H groups in total. The normalized spacial score (nSPS) is 11.2. The average molecular weight is 490 g/mol. The molecule has 7 aromatic rings. The minimum absolute atomic E-state index is 1.14. The lowest BCUT2D eigenvalue weighted by atomic mass is 9.97. The van der Waals surface area contributed by atoms with Gasteiger partial charge in [-0.25, -0.2) is 0 Å². The molecule has 2 aromatic heterocycles. The molecule has 0 amide bonds. The number of nitrogens with zero attached hydrogens (tertiary/aromatic N) is 1. The Morgan fingerprint density at radius 1 is 0.378 bits per heavy atom. The van der Waals surface area contributed by atoms with E-state index in [0.717, 1.165) is 5.56 Å². The van der Waals surface area contributed by atoms with Crippen LogP contribution in [0.5, 0.6) is 0 Å². The lowest BCUT2D eigenvalue weighted by Gasteiger charge is -2.07. The second-order valence-corrected chi connectivity index (χ2v) is 10.2. The van der Waals surface area contributed by atoms with Crippen molar-refractivity contribution < 1.29 is 0 Å². The van der Waals surface area contributed by atoms with Crippen LogP contribution in [0.15, 0.2) is 140 Å². The van der Waals surface area contributed by atoms with Crippen molar-refractivity contribution in [1.29, 1.82) is 0 Å². The Morgan fingerprint density at radius 2 is 0.865 bits per heavy atom. The lowest BCUT2D eigenvalue weighted by molar-refractivity contribution is 1.33. The number of aromatic nitrogens is 1. The van der Waals surface area contributed by atoms with Gasteiger partial charge in [0.25, 0.3) is 0 Å². The molecule has 37 heavy (non-hydrogen) atoms. The van der Waals surface area contributed by atoms with Crippen LogP contribution >= 0.6 is 11.3 Å². The third kappa shape index (κ3) is 3.92. The fourth-order valence-electron chi connectivity index (χ4n) is 5.12. The molecule has 0 spiro atoms. The van der Waals surface area contributed by atoms with Crippen molar-refractivity contribution in [3.8, 4) is 44.5 Å². The van der Waals surface area contributed by atoms with Crippen LogP contribution in [0.25, 0.3) is 64.7 Å². The third-order valence-electron chi connectivity index (χ3n) is 7.02. The van der Waals surface area contributed by atoms with Crippen LogP contribution in [0.1, 0.15) is 0 Å². The quantitative estimate of drug-likeness (QED) is 0.240. The number of benzene rings is 5. The molecule has 0 radical (unpaired) electrons. The summed E-state index contributed by atoms with van der Waals surface area (Å²) in [5, 5.41) is 2.65. The molecule has 174 valence electrons. The molecule has 1 nitrogen and oxygen atoms in total. The van der Waals surface area contributed by atoms with Crippen molar-refractivity contribution in [1.82, 2.24) is 4.98 Å². The molecule has 0 aliphatic rings. The summed E-state index contributed by atoms with van der Waals surface area (Å²) in [4.78, 5) is 4.24. The van der Waals surface area contributed by atoms with Crippen molar-refractivity contribution in [2.24, 2.45) is 0 Å². The van der Waals surface area contributed by atoms with E-state index in [-0.39, 0.29) is 0 Å². The second-order valence-electron chi connectivity index (χ2n) is 9.23. The molecule has 0 bridgehead atoms. The Hall–Kier alpha value is -4.53. The van der Waals surface area contributed by atoms with Gasteiger partial charge in [0.05, 0.1) is 0 Å². The molecular weight excluding hydrogens is 466 g/mol. The zero-order valence-corrected chi connectivity index (χ0v) is 21.0. The smallest absolute Gasteiger partial charge is 0.0434 e. The molecule has 0 saturated heterocycles. The molecule has 7 rings (SSSR count). The minimum Gasteiger partial charge on any atom is -0.264 e. The number of pyridine rings is 1. The highest BCUT2D eigenvalue weighted by molar-refractivity contribution is 7.26. The summed E-state index contributed by atoms with van der Waals surface area (Å²) >= 11 is 1.90. The molecule has 0 aliphatic carbocycles. The number of thiophene rings is 1. The number of fused-ring (bicyclic) bond motifs is 3. The zero-order chi connectivity index (χ0) is 24.6. The minimum atomic E-state index is 1.14. The first-order valence-electron chi connectivity index (χ1n) is 12.5. The van der Waals surface area contributed by atoms with Crippen molar-refractivity contribution >= 4 is 31.5 Å². The Kier molecular flexibility index (Phi) is 5.38. The van der Waals surface area contributed by atoms with Crippen LogP contribution in [0.4, 0.5) is 0 Å². The van der Waals surface area contributed by atoms with E-state index in [0.29, 0.717) is 0 Å². The average Bonchev–Trinajstić information content (AvgIpc) is 3.37. The maximum Gasteiger partial charge on any atom is 0.0434 e. The highest BCUT2D eigenvalue weighted by atomic mass is 32.1. The van der Waals surface area contributed by atoms with Crippen molar-refractivity contribution in [3.05, 3.63) is 140 Å². The predicted octanol–water partition coefficient (Wildman–Crippen LogP) is 10.1. The van der Waals surface area contributed by atoms with Crippen LogP contribution in [-0.2, 0) is 0 Å². The molecular formula is C35H23NS. The van der Waals surface area contributed by atoms with E-state index in [1.807, 2.05) is 23.6 Å². The van der Waals surface area contributed by atoms with Crippen LogP contribution in [-0.4, -0.2) is 4.98 Å². The highest BCUT2D eigenvalue weighted by Crippen LogP contribution is 2.43. The molecule has 0 fully saturated rings. The SMILES string of the molecule is c1ccc(-c2cccc3c2sc2c(-c4ccc(-c5ccc(-c6cccnc6)cc5)cc4)cccc23)cc1. The number of hydrogen-bond acceptors (Lipinski definition) is 2. The van der Waals surface area contributed by atoms with Crippen LogP contribution < -0.4 is 0 Å². The monoisotopic (exact) mass is 489 g/mol. The summed E-state index contributed by atoms with van der Waals surface area (Å²) in [7, 11) is 0. The largest absolute Gasteiger partial charge is 0.264 e. The predicted molar refractivity (Wildman–Crippen MR) is 159 cm³/mol. The van der Waals surface area contributed by atoms with Crippen LogP contribution in [0.2, 0.25) is 0 Å². The van der Waals surface area contributed by atoms with Gasteiger partial charge in [0.2, 0.25) is 0 Å². The lowest BCUT2D eigenvalue weighted by Crippen LogP contribution is -1.83. The highest BCUT2D eigenvalue weighted by Gasteiger charge is 2.13. The molecule has 2 heteroatoms. The van der Waals surface area contributed by atoms with E-state index < -0.39 is 0 Å². The van der Waals surface area contributed by atoms with Gasteiger partial charge >= 0.3 is 0 Å². The summed E-state index contributed by atoms with van der Waals surface area (Å²) in [5.74, 6) is 0. The van der Waals surface area contributed by atoms with Gasteiger partial charge in [0.15, 0.2) is 0 Å². The summed E-state index contributed by atoms with van der Waals surface area (Å²) in [6.07, 6.45) is 3.71. The van der Waals surface area contributed by atoms with Gasteiger partial charge in [-0.1, -0.05) is 121 Å². The van der Waals surface area contributed by atoms with Crippen LogP contribution in [0, 0.1) is 0 Å². The first-order valence-corrected chi connectivity index (χ1v) is 13.3. The fraction of sp³-hybridized carbons (Fsp3) is 0. The number of hydrogen-bond donors (Lipinski definition) is 0. The molecule has 0 saturated carbocycles. The van der Waals surface area contributed by atoms with E-state index in [4.69, 9.17) is 0 Å². The van der Waals surface area contributed by atoms with Crippen molar-refractivity contribution in [3.63, 3.8) is 0 Å². The van der Waals surface area contributed by atoms with Gasteiger partial charge < -0.3 is 0 Å². The van der Waals surface area contributed by atoms with Gasteiger partial charge in [-0.2, -0.15) is 0 Å². The molecule has 2 heterocycles. The van der Waals surface area contributed by atoms with Crippen LogP contribution in [0.3, 0.4) is 0 Å². The van der Waals surface area contributed by atoms with Crippen molar-refractivity contribution in [2.75, 3.05) is 0 Å². The maximum atomic E-state index is 4.24. The van der Waals surface area contributed by atoms with Crippen molar-refractivity contribution in [2.45, 2.75) is 0 Å². The van der Waals surface area contributed by atoms with Gasteiger partial charge in [-0.05, 0) is 50.6 Å². The van der Waals surface area contributed by atoms with E-state index in [1.165, 1.54) is 59.1 Å². The molecule has 0 atom stereocenters. The fourth-order valence-corrected chi connectivity index (χ4v) is 6.50. The summed E-state index contributed by atoms with van der Waals surface area (Å²) < 4.78 is 2.69. The molecule has 5 aromatic carbocycles. The first kappa shape index (κ1) is 21.7. The first-order chi connectivity index (χ1) is 18.3. The van der Waals surface area contributed by atoms with Gasteiger partial charge in [0, 0.05) is 32.6 Å². The summed E-state index contributed by atoms with van der Waals surface area (Å²) in [5.41, 5.74) is 9.85. The van der Waals surface area contributed by atoms with E-state index in [1.54, 1.807) is 6.20 Å². The number of rotatable bonds is 4. The topological polar surface area (TPSA) is 12.9 Å². The van der Waals surface area contributed by atoms with Gasteiger partial charge in [-0.3, -0.25) is 4.98 Å². The van der Waals surface area contributed by atoms with Gasteiger partial charge in [0.1, 0.15) is 0 Å². The van der Waals surface area contributed by atoms with E-state index >= 15 is 0 Å². The third-order valence-corrected chi connectivity index (χ3v) is 8.31. The maximum absolute atomic E-state index is 4.24. The summed E-state index contributed by atoms with van der Waals surface area (Å²) in [6.45, 7) is 0. The Bertz CT molecular complexity index is 1830. The Balaban J connectivity index is 1.27. The Morgan fingerprint density at radius 3 is 1.41 bits per heavy atom. The second kappa shape index (κ2) is 9.16. The van der Waals surface area contributed by atoms with E-state index in [2.05, 4.69) is 126 Å². The standard InChI is InChI=1S/C35H23NS/c1-2-7-27(8-3-1)30-10-4-12-32-33-13-5-11-31(35(33)37-34(30)32)28-20-18-25(19-21-28)24-14-16-26(17-15-24)29-9-6-22-36-23-29/h1-23H. The molecule has 0 unspecified atom stereocenters.